The van der Waals surface area contributed by atoms with Crippen molar-refractivity contribution in [3.63, 3.8) is 0 Å². The number of aryl methyl sites for hydroxylation is 1. The van der Waals surface area contributed by atoms with E-state index in [9.17, 15) is 4.79 Å². The smallest absolute Gasteiger partial charge is 0.371 e. The van der Waals surface area contributed by atoms with Gasteiger partial charge in [0.1, 0.15) is 0 Å². The van der Waals surface area contributed by atoms with Gasteiger partial charge in [-0.25, -0.2) is 9.78 Å². The Bertz CT molecular complexity index is 760. The van der Waals surface area contributed by atoms with Crippen LogP contribution in [0.3, 0.4) is 0 Å². The summed E-state index contributed by atoms with van der Waals surface area (Å²) in [4.78, 5) is 15.2. The molecule has 0 radical (unpaired) electrons. The van der Waals surface area contributed by atoms with E-state index in [1.165, 1.54) is 6.07 Å². The summed E-state index contributed by atoms with van der Waals surface area (Å²) >= 11 is 0. The maximum atomic E-state index is 11.0. The first-order valence-electron chi connectivity index (χ1n) is 5.85. The van der Waals surface area contributed by atoms with Crippen LogP contribution < -0.4 is 0 Å². The number of aromatic nitrogens is 1. The normalized spacial score (nSPS) is 10.8. The van der Waals surface area contributed by atoms with Crippen LogP contribution in [0.15, 0.2) is 46.9 Å². The van der Waals surface area contributed by atoms with Crippen LogP contribution >= 0.6 is 0 Å². The first kappa shape index (κ1) is 11.5. The molecule has 0 aliphatic rings. The summed E-state index contributed by atoms with van der Waals surface area (Å²) in [7, 11) is 0. The number of hydrogen-bond acceptors (Lipinski definition) is 3. The van der Waals surface area contributed by atoms with Crippen LogP contribution in [0.5, 0.6) is 0 Å². The molecule has 0 aliphatic carbocycles. The highest BCUT2D eigenvalue weighted by Gasteiger charge is 2.15. The third-order valence-corrected chi connectivity index (χ3v) is 2.93. The van der Waals surface area contributed by atoms with Crippen molar-refractivity contribution in [2.45, 2.75) is 6.92 Å². The molecule has 0 fully saturated rings. The Labute approximate surface area is 109 Å². The molecule has 2 heterocycles. The number of aromatic carboxylic acids is 1. The molecule has 0 bridgehead atoms. The first-order valence-corrected chi connectivity index (χ1v) is 5.85. The number of rotatable bonds is 2. The second kappa shape index (κ2) is 4.24. The Balaban J connectivity index is 2.32. The average Bonchev–Trinajstić information content (AvgIpc) is 2.82. The van der Waals surface area contributed by atoms with Gasteiger partial charge in [-0.15, -0.1) is 0 Å². The molecule has 0 unspecified atom stereocenters. The predicted molar refractivity (Wildman–Crippen MR) is 71.1 cm³/mol. The number of furan rings is 1. The molecule has 4 nitrogen and oxygen atoms in total. The molecule has 0 amide bonds. The number of pyridine rings is 1. The zero-order chi connectivity index (χ0) is 13.4. The summed E-state index contributed by atoms with van der Waals surface area (Å²) in [5, 5.41) is 9.71. The molecule has 0 spiro atoms. The second-order valence-corrected chi connectivity index (χ2v) is 4.31. The van der Waals surface area contributed by atoms with Gasteiger partial charge in [-0.3, -0.25) is 0 Å². The lowest BCUT2D eigenvalue weighted by Gasteiger charge is -2.03. The molecule has 3 aromatic rings. The molecular formula is C15H11NO3. The van der Waals surface area contributed by atoms with Crippen LogP contribution in [0.1, 0.15) is 16.2 Å². The third-order valence-electron chi connectivity index (χ3n) is 2.93. The fourth-order valence-corrected chi connectivity index (χ4v) is 2.10. The molecule has 0 aliphatic heterocycles. The van der Waals surface area contributed by atoms with Gasteiger partial charge in [-0.2, -0.15) is 0 Å². The van der Waals surface area contributed by atoms with Gasteiger partial charge in [0, 0.05) is 17.1 Å². The maximum Gasteiger partial charge on any atom is 0.371 e. The van der Waals surface area contributed by atoms with Crippen molar-refractivity contribution in [2.24, 2.45) is 0 Å². The molecule has 4 heteroatoms. The van der Waals surface area contributed by atoms with Gasteiger partial charge in [0.25, 0.3) is 0 Å². The Hall–Kier alpha value is -2.62. The summed E-state index contributed by atoms with van der Waals surface area (Å²) in [6, 6.07) is 13.2. The van der Waals surface area contributed by atoms with Crippen LogP contribution in [0.2, 0.25) is 0 Å². The molecule has 94 valence electrons. The predicted octanol–water partition coefficient (Wildman–Crippen LogP) is 3.50. The Morgan fingerprint density at radius 2 is 1.95 bits per heavy atom. The summed E-state index contributed by atoms with van der Waals surface area (Å²) in [6.07, 6.45) is 0. The van der Waals surface area contributed by atoms with Crippen molar-refractivity contribution < 1.29 is 14.3 Å². The van der Waals surface area contributed by atoms with Gasteiger partial charge in [-0.1, -0.05) is 30.3 Å². The monoisotopic (exact) mass is 253 g/mol. The van der Waals surface area contributed by atoms with Crippen LogP contribution in [-0.2, 0) is 0 Å². The van der Waals surface area contributed by atoms with E-state index in [0.29, 0.717) is 11.1 Å². The second-order valence-electron chi connectivity index (χ2n) is 4.31. The van der Waals surface area contributed by atoms with E-state index in [4.69, 9.17) is 9.52 Å². The zero-order valence-corrected chi connectivity index (χ0v) is 10.3. The topological polar surface area (TPSA) is 63.3 Å². The van der Waals surface area contributed by atoms with Gasteiger partial charge >= 0.3 is 5.97 Å². The zero-order valence-electron chi connectivity index (χ0n) is 10.3. The van der Waals surface area contributed by atoms with E-state index in [2.05, 4.69) is 4.98 Å². The molecular weight excluding hydrogens is 242 g/mol. The first-order chi connectivity index (χ1) is 9.15. The third kappa shape index (κ3) is 1.97. The lowest BCUT2D eigenvalue weighted by atomic mass is 10.0. The SMILES string of the molecule is Cc1cc(-c2ccccc2)c2cc(C(=O)O)oc2n1. The highest BCUT2D eigenvalue weighted by Crippen LogP contribution is 2.30. The minimum Gasteiger partial charge on any atom is -0.475 e. The number of carbonyl (C=O) groups is 1. The van der Waals surface area contributed by atoms with E-state index in [1.54, 1.807) is 0 Å². The number of hydrogen-bond donors (Lipinski definition) is 1. The van der Waals surface area contributed by atoms with Gasteiger partial charge < -0.3 is 9.52 Å². The number of carboxylic acid groups (broad SMARTS) is 1. The van der Waals surface area contributed by atoms with E-state index >= 15 is 0 Å². The molecule has 1 N–H and O–H groups in total. The summed E-state index contributed by atoms with van der Waals surface area (Å²) in [6.45, 7) is 1.86. The van der Waals surface area contributed by atoms with Crippen molar-refractivity contribution in [1.29, 1.82) is 0 Å². The maximum absolute atomic E-state index is 11.0. The van der Waals surface area contributed by atoms with Crippen molar-refractivity contribution in [2.75, 3.05) is 0 Å². The minimum atomic E-state index is -1.09. The molecule has 0 atom stereocenters. The van der Waals surface area contributed by atoms with Gasteiger partial charge in [0.05, 0.1) is 0 Å². The van der Waals surface area contributed by atoms with Crippen LogP contribution in [-0.4, -0.2) is 16.1 Å². The summed E-state index contributed by atoms with van der Waals surface area (Å²) in [5.41, 5.74) is 3.09. The lowest BCUT2D eigenvalue weighted by molar-refractivity contribution is 0.0664. The Morgan fingerprint density at radius 1 is 1.21 bits per heavy atom. The number of carboxylic acids is 1. The van der Waals surface area contributed by atoms with Gasteiger partial charge in [0.2, 0.25) is 11.5 Å². The van der Waals surface area contributed by atoms with Crippen LogP contribution in [0.25, 0.3) is 22.2 Å². The summed E-state index contributed by atoms with van der Waals surface area (Å²) < 4.78 is 5.26. The molecule has 3 rings (SSSR count). The molecule has 19 heavy (non-hydrogen) atoms. The molecule has 1 aromatic carbocycles. The summed E-state index contributed by atoms with van der Waals surface area (Å²) in [5.74, 6) is -1.18. The van der Waals surface area contributed by atoms with E-state index in [1.807, 2.05) is 43.3 Å². The Morgan fingerprint density at radius 3 is 2.63 bits per heavy atom. The average molecular weight is 253 g/mol. The Kier molecular flexibility index (Phi) is 2.56. The van der Waals surface area contributed by atoms with E-state index in [-0.39, 0.29) is 5.76 Å². The largest absolute Gasteiger partial charge is 0.475 e. The molecule has 0 saturated heterocycles. The number of benzene rings is 1. The van der Waals surface area contributed by atoms with Crippen molar-refractivity contribution >= 4 is 17.1 Å². The van der Waals surface area contributed by atoms with Crippen molar-refractivity contribution in [3.05, 3.63) is 53.9 Å². The van der Waals surface area contributed by atoms with Crippen molar-refractivity contribution in [3.8, 4) is 11.1 Å². The van der Waals surface area contributed by atoms with Crippen LogP contribution in [0, 0.1) is 6.92 Å². The standard InChI is InChI=1S/C15H11NO3/c1-9-7-11(10-5-3-2-4-6-10)12-8-13(15(17)18)19-14(12)16-9/h2-8H,1H3,(H,17,18). The fourth-order valence-electron chi connectivity index (χ4n) is 2.10. The molecule has 2 aromatic heterocycles. The van der Waals surface area contributed by atoms with E-state index < -0.39 is 5.97 Å². The fraction of sp³-hybridized carbons (Fsp3) is 0.0667. The highest BCUT2D eigenvalue weighted by atomic mass is 16.4. The van der Waals surface area contributed by atoms with Gasteiger partial charge in [0.15, 0.2) is 0 Å². The highest BCUT2D eigenvalue weighted by molar-refractivity contribution is 5.97. The van der Waals surface area contributed by atoms with E-state index in [0.717, 1.165) is 16.8 Å². The van der Waals surface area contributed by atoms with Crippen molar-refractivity contribution in [1.82, 2.24) is 4.98 Å². The number of nitrogens with zero attached hydrogens (tertiary/aromatic N) is 1. The quantitative estimate of drug-likeness (QED) is 0.759. The molecule has 0 saturated carbocycles. The van der Waals surface area contributed by atoms with Gasteiger partial charge in [-0.05, 0) is 24.1 Å². The minimum absolute atomic E-state index is 0.0923. The lowest BCUT2D eigenvalue weighted by Crippen LogP contribution is -1.91. The number of fused-ring (bicyclic) bond motifs is 1. The van der Waals surface area contributed by atoms with Crippen LogP contribution in [0.4, 0.5) is 0 Å².